The molecule has 2 nitrogen and oxygen atoms in total. The minimum absolute atomic E-state index is 0.121. The molecule has 0 aliphatic carbocycles. The van der Waals surface area contributed by atoms with E-state index >= 15 is 0 Å². The number of aryl methyl sites for hydroxylation is 1. The molecule has 17 heavy (non-hydrogen) atoms. The van der Waals surface area contributed by atoms with Crippen molar-refractivity contribution in [3.05, 3.63) is 49.2 Å². The summed E-state index contributed by atoms with van der Waals surface area (Å²) in [7, 11) is 1.68. The van der Waals surface area contributed by atoms with Crippen LogP contribution in [0.5, 0.6) is 5.75 Å². The van der Waals surface area contributed by atoms with Crippen molar-refractivity contribution in [3.8, 4) is 5.75 Å². The lowest BCUT2D eigenvalue weighted by molar-refractivity contribution is 0.407. The Morgan fingerprint density at radius 1 is 1.35 bits per heavy atom. The molecule has 0 saturated heterocycles. The summed E-state index contributed by atoms with van der Waals surface area (Å²) in [5, 5.41) is 2.11. The Hall–Kier alpha value is -0.590. The fraction of sp³-hybridized carbons (Fsp3) is 0.231. The van der Waals surface area contributed by atoms with Crippen molar-refractivity contribution < 1.29 is 4.74 Å². The van der Waals surface area contributed by atoms with Crippen LogP contribution in [0.2, 0.25) is 0 Å². The number of hydrogen-bond donors (Lipinski definition) is 1. The first kappa shape index (κ1) is 12.9. The molecular formula is C13H14INOS. The second-order valence-electron chi connectivity index (χ2n) is 3.91. The van der Waals surface area contributed by atoms with E-state index in [0.717, 1.165) is 16.9 Å². The zero-order chi connectivity index (χ0) is 12.4. The molecule has 2 rings (SSSR count). The van der Waals surface area contributed by atoms with Crippen molar-refractivity contribution in [1.29, 1.82) is 0 Å². The normalized spacial score (nSPS) is 12.5. The molecule has 0 fully saturated rings. The Balaban J connectivity index is 2.42. The number of halogens is 1. The molecule has 0 amide bonds. The molecule has 0 saturated carbocycles. The Morgan fingerprint density at radius 3 is 2.71 bits per heavy atom. The van der Waals surface area contributed by atoms with Gasteiger partial charge in [0.2, 0.25) is 0 Å². The van der Waals surface area contributed by atoms with E-state index in [0.29, 0.717) is 0 Å². The summed E-state index contributed by atoms with van der Waals surface area (Å²) in [6, 6.07) is 8.10. The minimum Gasteiger partial charge on any atom is -0.496 e. The highest BCUT2D eigenvalue weighted by Gasteiger charge is 2.15. The van der Waals surface area contributed by atoms with Crippen LogP contribution in [0.25, 0.3) is 0 Å². The van der Waals surface area contributed by atoms with Gasteiger partial charge in [0.1, 0.15) is 5.75 Å². The molecule has 90 valence electrons. The zero-order valence-corrected chi connectivity index (χ0v) is 12.7. The van der Waals surface area contributed by atoms with E-state index in [2.05, 4.69) is 47.0 Å². The van der Waals surface area contributed by atoms with Crippen LogP contribution in [0.1, 0.15) is 22.7 Å². The highest BCUT2D eigenvalue weighted by atomic mass is 127. The lowest BCUT2D eigenvalue weighted by atomic mass is 9.99. The van der Waals surface area contributed by atoms with Gasteiger partial charge in [-0.05, 0) is 52.6 Å². The van der Waals surface area contributed by atoms with Crippen molar-refractivity contribution >= 4 is 33.9 Å². The summed E-state index contributed by atoms with van der Waals surface area (Å²) < 4.78 is 6.62. The standard InChI is InChI=1S/C13H14INOS/c1-8-3-4-11(16-2)10(5-8)13(15)9-6-12(14)17-7-9/h3-7,13H,15H2,1-2H3. The lowest BCUT2D eigenvalue weighted by Gasteiger charge is -2.15. The highest BCUT2D eigenvalue weighted by Crippen LogP contribution is 2.31. The van der Waals surface area contributed by atoms with Crippen molar-refractivity contribution in [2.45, 2.75) is 13.0 Å². The summed E-state index contributed by atoms with van der Waals surface area (Å²) in [5.74, 6) is 0.851. The van der Waals surface area contributed by atoms with Crippen LogP contribution in [-0.4, -0.2) is 7.11 Å². The molecule has 1 aromatic heterocycles. The van der Waals surface area contributed by atoms with Crippen LogP contribution in [0.4, 0.5) is 0 Å². The Morgan fingerprint density at radius 2 is 2.12 bits per heavy atom. The van der Waals surface area contributed by atoms with Gasteiger partial charge in [-0.2, -0.15) is 0 Å². The molecule has 0 radical (unpaired) electrons. The minimum atomic E-state index is -0.121. The Bertz CT molecular complexity index is 524. The third-order valence-corrected chi connectivity index (χ3v) is 4.47. The van der Waals surface area contributed by atoms with Gasteiger partial charge in [-0.25, -0.2) is 0 Å². The van der Waals surface area contributed by atoms with Crippen LogP contribution < -0.4 is 10.5 Å². The van der Waals surface area contributed by atoms with Crippen molar-refractivity contribution in [2.24, 2.45) is 5.73 Å². The van der Waals surface area contributed by atoms with Gasteiger partial charge >= 0.3 is 0 Å². The predicted octanol–water partition coefficient (Wildman–Crippen LogP) is 3.72. The van der Waals surface area contributed by atoms with Crippen LogP contribution in [0.3, 0.4) is 0 Å². The van der Waals surface area contributed by atoms with Gasteiger partial charge in [-0.15, -0.1) is 11.3 Å². The van der Waals surface area contributed by atoms with Crippen LogP contribution in [0.15, 0.2) is 29.6 Å². The third kappa shape index (κ3) is 2.81. The SMILES string of the molecule is COc1ccc(C)cc1C(N)c1csc(I)c1. The van der Waals surface area contributed by atoms with Crippen LogP contribution >= 0.6 is 33.9 Å². The van der Waals surface area contributed by atoms with E-state index in [4.69, 9.17) is 10.5 Å². The van der Waals surface area contributed by atoms with Gasteiger partial charge in [0.15, 0.2) is 0 Å². The maximum Gasteiger partial charge on any atom is 0.123 e. The average molecular weight is 359 g/mol. The molecule has 4 heteroatoms. The topological polar surface area (TPSA) is 35.2 Å². The monoisotopic (exact) mass is 359 g/mol. The predicted molar refractivity (Wildman–Crippen MR) is 80.8 cm³/mol. The summed E-state index contributed by atoms with van der Waals surface area (Å²) in [4.78, 5) is 0. The number of thiophene rings is 1. The molecule has 1 aromatic carbocycles. The first-order valence-corrected chi connectivity index (χ1v) is 7.21. The Labute approximate surface area is 119 Å². The summed E-state index contributed by atoms with van der Waals surface area (Å²) in [6.45, 7) is 2.06. The molecule has 0 aliphatic heterocycles. The van der Waals surface area contributed by atoms with Gasteiger partial charge in [0.05, 0.1) is 16.0 Å². The van der Waals surface area contributed by atoms with E-state index in [9.17, 15) is 0 Å². The van der Waals surface area contributed by atoms with Crippen molar-refractivity contribution in [1.82, 2.24) is 0 Å². The van der Waals surface area contributed by atoms with Gasteiger partial charge < -0.3 is 10.5 Å². The number of ether oxygens (including phenoxy) is 1. The molecule has 0 bridgehead atoms. The lowest BCUT2D eigenvalue weighted by Crippen LogP contribution is -2.12. The van der Waals surface area contributed by atoms with Gasteiger partial charge in [-0.3, -0.25) is 0 Å². The molecule has 2 N–H and O–H groups in total. The van der Waals surface area contributed by atoms with Gasteiger partial charge in [-0.1, -0.05) is 17.7 Å². The van der Waals surface area contributed by atoms with E-state index in [1.807, 2.05) is 12.1 Å². The number of hydrogen-bond acceptors (Lipinski definition) is 3. The van der Waals surface area contributed by atoms with E-state index in [1.165, 1.54) is 8.45 Å². The molecule has 1 heterocycles. The summed E-state index contributed by atoms with van der Waals surface area (Å²) in [6.07, 6.45) is 0. The number of rotatable bonds is 3. The first-order valence-electron chi connectivity index (χ1n) is 5.26. The number of methoxy groups -OCH3 is 1. The molecule has 0 aliphatic rings. The fourth-order valence-electron chi connectivity index (χ4n) is 1.76. The highest BCUT2D eigenvalue weighted by molar-refractivity contribution is 14.1. The maximum atomic E-state index is 6.30. The second-order valence-corrected chi connectivity index (χ2v) is 6.71. The van der Waals surface area contributed by atoms with Crippen molar-refractivity contribution in [2.75, 3.05) is 7.11 Å². The number of benzene rings is 1. The Kier molecular flexibility index (Phi) is 4.06. The maximum absolute atomic E-state index is 6.30. The average Bonchev–Trinajstić information content (AvgIpc) is 2.75. The molecule has 1 atom stereocenters. The van der Waals surface area contributed by atoms with Gasteiger partial charge in [0, 0.05) is 5.56 Å². The first-order chi connectivity index (χ1) is 8.11. The fourth-order valence-corrected chi connectivity index (χ4v) is 3.17. The van der Waals surface area contributed by atoms with Crippen LogP contribution in [-0.2, 0) is 0 Å². The molecule has 0 spiro atoms. The summed E-state index contributed by atoms with van der Waals surface area (Å²) >= 11 is 4.02. The van der Waals surface area contributed by atoms with Gasteiger partial charge in [0.25, 0.3) is 0 Å². The number of nitrogens with two attached hydrogens (primary N) is 1. The zero-order valence-electron chi connectivity index (χ0n) is 9.74. The van der Waals surface area contributed by atoms with E-state index in [-0.39, 0.29) is 6.04 Å². The smallest absolute Gasteiger partial charge is 0.123 e. The quantitative estimate of drug-likeness (QED) is 0.848. The van der Waals surface area contributed by atoms with Crippen molar-refractivity contribution in [3.63, 3.8) is 0 Å². The third-order valence-electron chi connectivity index (χ3n) is 2.67. The molecule has 1 unspecified atom stereocenters. The van der Waals surface area contributed by atoms with E-state index < -0.39 is 0 Å². The molecule has 2 aromatic rings. The van der Waals surface area contributed by atoms with E-state index in [1.54, 1.807) is 18.4 Å². The molecular weight excluding hydrogens is 345 g/mol. The van der Waals surface area contributed by atoms with Crippen LogP contribution in [0, 0.1) is 9.81 Å². The summed E-state index contributed by atoms with van der Waals surface area (Å²) in [5.41, 5.74) is 9.68. The largest absolute Gasteiger partial charge is 0.496 e. The second kappa shape index (κ2) is 5.37.